The molecule has 0 aromatic heterocycles. The highest BCUT2D eigenvalue weighted by atomic mass is 35.5. The van der Waals surface area contributed by atoms with Crippen molar-refractivity contribution in [1.29, 1.82) is 0 Å². The third-order valence-electron chi connectivity index (χ3n) is 3.87. The van der Waals surface area contributed by atoms with Crippen LogP contribution in [-0.4, -0.2) is 36.5 Å². The minimum atomic E-state index is -0.305. The van der Waals surface area contributed by atoms with Gasteiger partial charge in [0.15, 0.2) is 0 Å². The molecule has 1 aromatic rings. The number of carbonyl (C=O) groups excluding carboxylic acids is 1. The average molecular weight is 316 g/mol. The Kier molecular flexibility index (Phi) is 7.08. The van der Waals surface area contributed by atoms with Crippen LogP contribution in [0, 0.1) is 11.7 Å². The third-order valence-corrected chi connectivity index (χ3v) is 3.87. The van der Waals surface area contributed by atoms with Crippen molar-refractivity contribution >= 4 is 24.0 Å². The van der Waals surface area contributed by atoms with E-state index < -0.39 is 0 Å². The molecule has 0 saturated carbocycles. The summed E-state index contributed by atoms with van der Waals surface area (Å²) >= 11 is 0. The number of piperidine rings is 1. The number of carbonyl (C=O) groups is 1. The van der Waals surface area contributed by atoms with E-state index in [0.29, 0.717) is 18.2 Å². The number of nitrogens with zero attached hydrogens (tertiary/aromatic N) is 1. The Bertz CT molecular complexity index is 445. The summed E-state index contributed by atoms with van der Waals surface area (Å²) in [5, 5.41) is 2.78. The van der Waals surface area contributed by atoms with Crippen LogP contribution in [0.5, 0.6) is 0 Å². The molecule has 1 atom stereocenters. The second-order valence-corrected chi connectivity index (χ2v) is 5.53. The van der Waals surface area contributed by atoms with E-state index in [9.17, 15) is 9.18 Å². The van der Waals surface area contributed by atoms with Crippen molar-refractivity contribution in [3.05, 3.63) is 30.1 Å². The predicted molar refractivity (Wildman–Crippen MR) is 85.1 cm³/mol. The van der Waals surface area contributed by atoms with Crippen LogP contribution in [0.1, 0.15) is 19.8 Å². The maximum absolute atomic E-state index is 12.8. The molecule has 0 aliphatic carbocycles. The van der Waals surface area contributed by atoms with Crippen molar-refractivity contribution in [2.75, 3.05) is 25.0 Å². The minimum Gasteiger partial charge on any atom is -0.328 e. The van der Waals surface area contributed by atoms with Gasteiger partial charge in [-0.05, 0) is 63.0 Å². The molecule has 0 radical (unpaired) electrons. The Balaban J connectivity index is 0.00000220. The van der Waals surface area contributed by atoms with Gasteiger partial charge < -0.3 is 11.1 Å². The lowest BCUT2D eigenvalue weighted by Crippen LogP contribution is -2.42. The first-order valence-corrected chi connectivity index (χ1v) is 7.08. The normalized spacial score (nSPS) is 17.9. The molecule has 3 N–H and O–H groups in total. The predicted octanol–water partition coefficient (Wildman–Crippen LogP) is 2.25. The van der Waals surface area contributed by atoms with Crippen LogP contribution in [-0.2, 0) is 4.79 Å². The summed E-state index contributed by atoms with van der Waals surface area (Å²) in [7, 11) is 0. The summed E-state index contributed by atoms with van der Waals surface area (Å²) in [6.07, 6.45) is 2.09. The van der Waals surface area contributed by atoms with Gasteiger partial charge in [-0.15, -0.1) is 12.4 Å². The topological polar surface area (TPSA) is 58.4 Å². The minimum absolute atomic E-state index is 0. The van der Waals surface area contributed by atoms with E-state index >= 15 is 0 Å². The Morgan fingerprint density at radius 2 is 1.95 bits per heavy atom. The first kappa shape index (κ1) is 17.9. The highest BCUT2D eigenvalue weighted by molar-refractivity contribution is 5.92. The number of benzene rings is 1. The molecule has 1 unspecified atom stereocenters. The van der Waals surface area contributed by atoms with Gasteiger partial charge in [0.2, 0.25) is 5.91 Å². The van der Waals surface area contributed by atoms with Crippen molar-refractivity contribution in [3.8, 4) is 0 Å². The molecule has 1 aliphatic rings. The van der Waals surface area contributed by atoms with Crippen molar-refractivity contribution in [2.45, 2.75) is 25.8 Å². The van der Waals surface area contributed by atoms with Crippen molar-refractivity contribution in [1.82, 2.24) is 4.90 Å². The molecule has 1 heterocycles. The highest BCUT2D eigenvalue weighted by Gasteiger charge is 2.22. The summed E-state index contributed by atoms with van der Waals surface area (Å²) < 4.78 is 12.8. The van der Waals surface area contributed by atoms with E-state index in [1.165, 1.54) is 12.1 Å². The Hall–Kier alpha value is -1.17. The second-order valence-electron chi connectivity index (χ2n) is 5.53. The molecule has 0 bridgehead atoms. The number of likely N-dealkylation sites (tertiary alicyclic amines) is 1. The number of hydrogen-bond acceptors (Lipinski definition) is 3. The van der Waals surface area contributed by atoms with Gasteiger partial charge in [-0.1, -0.05) is 0 Å². The van der Waals surface area contributed by atoms with Gasteiger partial charge in [0, 0.05) is 11.7 Å². The zero-order valence-corrected chi connectivity index (χ0v) is 13.0. The van der Waals surface area contributed by atoms with Gasteiger partial charge in [0.05, 0.1) is 6.54 Å². The molecule has 1 aliphatic heterocycles. The number of rotatable bonds is 4. The van der Waals surface area contributed by atoms with Crippen LogP contribution in [0.4, 0.5) is 10.1 Å². The Morgan fingerprint density at radius 1 is 1.38 bits per heavy atom. The van der Waals surface area contributed by atoms with Crippen LogP contribution >= 0.6 is 12.4 Å². The lowest BCUT2D eigenvalue weighted by atomic mass is 9.91. The maximum atomic E-state index is 12.8. The van der Waals surface area contributed by atoms with Gasteiger partial charge in [0.25, 0.3) is 0 Å². The van der Waals surface area contributed by atoms with Gasteiger partial charge in [-0.25, -0.2) is 4.39 Å². The van der Waals surface area contributed by atoms with E-state index in [-0.39, 0.29) is 30.2 Å². The molecule has 1 fully saturated rings. The molecule has 0 spiro atoms. The van der Waals surface area contributed by atoms with Crippen LogP contribution in [0.15, 0.2) is 24.3 Å². The SMILES string of the molecule is CC(N)C1CCN(CC(=O)Nc2ccc(F)cc2)CC1.Cl. The lowest BCUT2D eigenvalue weighted by Gasteiger charge is -2.33. The zero-order chi connectivity index (χ0) is 14.5. The number of amides is 1. The fourth-order valence-corrected chi connectivity index (χ4v) is 2.57. The molecular formula is C15H23ClFN3O. The second kappa shape index (κ2) is 8.32. The van der Waals surface area contributed by atoms with Crippen LogP contribution in [0.25, 0.3) is 0 Å². The summed E-state index contributed by atoms with van der Waals surface area (Å²) in [6.45, 7) is 4.23. The van der Waals surface area contributed by atoms with E-state index in [4.69, 9.17) is 5.73 Å². The molecular weight excluding hydrogens is 293 g/mol. The summed E-state index contributed by atoms with van der Waals surface area (Å²) in [5.41, 5.74) is 6.53. The quantitative estimate of drug-likeness (QED) is 0.896. The zero-order valence-electron chi connectivity index (χ0n) is 12.2. The summed E-state index contributed by atoms with van der Waals surface area (Å²) in [5.74, 6) is 0.197. The molecule has 6 heteroatoms. The third kappa shape index (κ3) is 5.61. The fourth-order valence-electron chi connectivity index (χ4n) is 2.57. The van der Waals surface area contributed by atoms with Gasteiger partial charge in [-0.2, -0.15) is 0 Å². The van der Waals surface area contributed by atoms with Crippen molar-refractivity contribution in [3.63, 3.8) is 0 Å². The molecule has 1 saturated heterocycles. The van der Waals surface area contributed by atoms with Crippen molar-refractivity contribution < 1.29 is 9.18 Å². The molecule has 118 valence electrons. The molecule has 1 amide bonds. The first-order valence-electron chi connectivity index (χ1n) is 7.08. The molecule has 1 aromatic carbocycles. The van der Waals surface area contributed by atoms with E-state index in [2.05, 4.69) is 10.2 Å². The Labute approximate surface area is 131 Å². The monoisotopic (exact) mass is 315 g/mol. The number of anilines is 1. The van der Waals surface area contributed by atoms with Crippen molar-refractivity contribution in [2.24, 2.45) is 11.7 Å². The van der Waals surface area contributed by atoms with Gasteiger partial charge in [-0.3, -0.25) is 9.69 Å². The van der Waals surface area contributed by atoms with Gasteiger partial charge in [0.1, 0.15) is 5.82 Å². The average Bonchev–Trinajstić information content (AvgIpc) is 2.42. The van der Waals surface area contributed by atoms with Crippen LogP contribution in [0.2, 0.25) is 0 Å². The number of nitrogens with one attached hydrogen (secondary N) is 1. The van der Waals surface area contributed by atoms with E-state index in [0.717, 1.165) is 25.9 Å². The maximum Gasteiger partial charge on any atom is 0.238 e. The fraction of sp³-hybridized carbons (Fsp3) is 0.533. The summed E-state index contributed by atoms with van der Waals surface area (Å²) in [4.78, 5) is 14.0. The number of hydrogen-bond donors (Lipinski definition) is 2. The van der Waals surface area contributed by atoms with Crippen LogP contribution in [0.3, 0.4) is 0 Å². The highest BCUT2D eigenvalue weighted by Crippen LogP contribution is 2.19. The van der Waals surface area contributed by atoms with Crippen LogP contribution < -0.4 is 11.1 Å². The van der Waals surface area contributed by atoms with Gasteiger partial charge >= 0.3 is 0 Å². The smallest absolute Gasteiger partial charge is 0.238 e. The number of nitrogens with two attached hydrogens (primary N) is 1. The molecule has 21 heavy (non-hydrogen) atoms. The molecule has 2 rings (SSSR count). The van der Waals surface area contributed by atoms with E-state index in [1.807, 2.05) is 6.92 Å². The largest absolute Gasteiger partial charge is 0.328 e. The standard InChI is InChI=1S/C15H22FN3O.ClH/c1-11(17)12-6-8-19(9-7-12)10-15(20)18-14-4-2-13(16)3-5-14;/h2-5,11-12H,6-10,17H2,1H3,(H,18,20);1H. The summed E-state index contributed by atoms with van der Waals surface area (Å²) in [6, 6.07) is 6.03. The molecule has 4 nitrogen and oxygen atoms in total. The lowest BCUT2D eigenvalue weighted by molar-refractivity contribution is -0.117. The Morgan fingerprint density at radius 3 is 2.48 bits per heavy atom. The first-order chi connectivity index (χ1) is 9.54. The van der Waals surface area contributed by atoms with E-state index in [1.54, 1.807) is 12.1 Å². The number of halogens is 2.